The number of benzene rings is 1. The van der Waals surface area contributed by atoms with Gasteiger partial charge in [-0.25, -0.2) is 4.68 Å². The lowest BCUT2D eigenvalue weighted by Crippen LogP contribution is -2.41. The van der Waals surface area contributed by atoms with E-state index in [0.717, 1.165) is 37.4 Å². The number of hydrogen-bond donors (Lipinski definition) is 0. The van der Waals surface area contributed by atoms with Crippen LogP contribution in [0.2, 0.25) is 5.15 Å². The summed E-state index contributed by atoms with van der Waals surface area (Å²) in [4.78, 5) is 2.31. The Morgan fingerprint density at radius 3 is 2.46 bits per heavy atom. The van der Waals surface area contributed by atoms with Crippen molar-refractivity contribution in [3.63, 3.8) is 0 Å². The van der Waals surface area contributed by atoms with Gasteiger partial charge in [-0.3, -0.25) is 5.01 Å². The number of hydrogen-bond acceptors (Lipinski definition) is 4. The van der Waals surface area contributed by atoms with E-state index in [-0.39, 0.29) is 0 Å². The summed E-state index contributed by atoms with van der Waals surface area (Å²) in [5, 5.41) is 11.9. The second kappa shape index (κ2) is 7.36. The molecule has 5 nitrogen and oxygen atoms in total. The second-order valence-electron chi connectivity index (χ2n) is 6.43. The van der Waals surface area contributed by atoms with Gasteiger partial charge in [-0.1, -0.05) is 41.4 Å². The molecule has 2 aromatic rings. The van der Waals surface area contributed by atoms with E-state index >= 15 is 0 Å². The van der Waals surface area contributed by atoms with Crippen molar-refractivity contribution in [1.82, 2.24) is 19.7 Å². The Morgan fingerprint density at radius 1 is 1.12 bits per heavy atom. The number of aryl methyl sites for hydroxylation is 2. The molecule has 0 amide bonds. The zero-order chi connectivity index (χ0) is 17.1. The molecule has 0 saturated carbocycles. The van der Waals surface area contributed by atoms with Gasteiger partial charge in [-0.05, 0) is 26.5 Å². The van der Waals surface area contributed by atoms with Crippen LogP contribution in [0.15, 0.2) is 29.4 Å². The average molecular weight is 346 g/mol. The molecular formula is C18H24ClN5. The summed E-state index contributed by atoms with van der Waals surface area (Å²) in [6.45, 7) is 8.70. The Bertz CT molecular complexity index is 712. The number of aromatic nitrogens is 2. The topological polar surface area (TPSA) is 36.7 Å². The van der Waals surface area contributed by atoms with Crippen LogP contribution in [0.1, 0.15) is 22.4 Å². The van der Waals surface area contributed by atoms with E-state index < -0.39 is 0 Å². The Morgan fingerprint density at radius 2 is 1.79 bits per heavy atom. The Hall–Kier alpha value is -1.85. The van der Waals surface area contributed by atoms with Crippen molar-refractivity contribution in [2.45, 2.75) is 20.4 Å². The molecule has 2 heterocycles. The maximum Gasteiger partial charge on any atom is 0.136 e. The molecule has 1 saturated heterocycles. The zero-order valence-electron chi connectivity index (χ0n) is 14.5. The van der Waals surface area contributed by atoms with Crippen molar-refractivity contribution in [1.29, 1.82) is 0 Å². The molecule has 128 valence electrons. The molecule has 0 aliphatic carbocycles. The molecule has 6 heteroatoms. The number of halogens is 1. The highest BCUT2D eigenvalue weighted by Crippen LogP contribution is 2.19. The SMILES string of the molecule is Cc1ccc(Cn2nc(C)c(C=NN3CCN(C)CC3)c2Cl)cc1. The lowest BCUT2D eigenvalue weighted by Gasteiger charge is -2.30. The van der Waals surface area contributed by atoms with Crippen LogP contribution in [-0.2, 0) is 6.54 Å². The van der Waals surface area contributed by atoms with Gasteiger partial charge in [0, 0.05) is 26.2 Å². The Labute approximate surface area is 148 Å². The summed E-state index contributed by atoms with van der Waals surface area (Å²) < 4.78 is 1.84. The van der Waals surface area contributed by atoms with Gasteiger partial charge in [0.2, 0.25) is 0 Å². The van der Waals surface area contributed by atoms with Crippen molar-refractivity contribution >= 4 is 17.8 Å². The van der Waals surface area contributed by atoms with Gasteiger partial charge in [0.05, 0.1) is 24.0 Å². The van der Waals surface area contributed by atoms with E-state index in [1.165, 1.54) is 11.1 Å². The third-order valence-electron chi connectivity index (χ3n) is 4.39. The fourth-order valence-electron chi connectivity index (χ4n) is 2.74. The van der Waals surface area contributed by atoms with Gasteiger partial charge in [0.25, 0.3) is 0 Å². The molecule has 0 spiro atoms. The van der Waals surface area contributed by atoms with Crippen molar-refractivity contribution < 1.29 is 0 Å². The summed E-state index contributed by atoms with van der Waals surface area (Å²) in [7, 11) is 2.14. The van der Waals surface area contributed by atoms with Crippen molar-refractivity contribution in [3.05, 3.63) is 51.8 Å². The lowest BCUT2D eigenvalue weighted by atomic mass is 10.1. The van der Waals surface area contributed by atoms with E-state index in [1.807, 2.05) is 17.8 Å². The monoisotopic (exact) mass is 345 g/mol. The standard InChI is InChI=1S/C18H24ClN5/c1-14-4-6-16(7-5-14)13-24-18(19)17(15(2)21-24)12-20-23-10-8-22(3)9-11-23/h4-7,12H,8-11,13H2,1-3H3. The van der Waals surface area contributed by atoms with Crippen LogP contribution < -0.4 is 0 Å². The second-order valence-corrected chi connectivity index (χ2v) is 6.79. The maximum absolute atomic E-state index is 6.53. The van der Waals surface area contributed by atoms with E-state index in [2.05, 4.69) is 58.3 Å². The fourth-order valence-corrected chi connectivity index (χ4v) is 3.02. The number of rotatable bonds is 4. The molecular weight excluding hydrogens is 322 g/mol. The van der Waals surface area contributed by atoms with Gasteiger partial charge in [0.1, 0.15) is 5.15 Å². The molecule has 1 fully saturated rings. The molecule has 0 bridgehead atoms. The predicted octanol–water partition coefficient (Wildman–Crippen LogP) is 2.78. The van der Waals surface area contributed by atoms with E-state index in [9.17, 15) is 0 Å². The Kier molecular flexibility index (Phi) is 5.21. The largest absolute Gasteiger partial charge is 0.303 e. The highest BCUT2D eigenvalue weighted by Gasteiger charge is 2.14. The molecule has 1 aromatic carbocycles. The van der Waals surface area contributed by atoms with Crippen LogP contribution in [0.5, 0.6) is 0 Å². The van der Waals surface area contributed by atoms with Gasteiger partial charge < -0.3 is 4.90 Å². The van der Waals surface area contributed by atoms with Gasteiger partial charge in [-0.2, -0.15) is 10.2 Å². The molecule has 0 unspecified atom stereocenters. The third-order valence-corrected chi connectivity index (χ3v) is 4.79. The summed E-state index contributed by atoms with van der Waals surface area (Å²) >= 11 is 6.53. The van der Waals surface area contributed by atoms with Crippen LogP contribution in [-0.4, -0.2) is 59.1 Å². The number of piperazine rings is 1. The molecule has 0 atom stereocenters. The van der Waals surface area contributed by atoms with Crippen molar-refractivity contribution in [3.8, 4) is 0 Å². The third kappa shape index (κ3) is 3.97. The van der Waals surface area contributed by atoms with E-state index in [4.69, 9.17) is 11.6 Å². The van der Waals surface area contributed by atoms with Crippen LogP contribution in [0.4, 0.5) is 0 Å². The summed E-state index contributed by atoms with van der Waals surface area (Å²) in [5.41, 5.74) is 4.25. The molecule has 1 aliphatic rings. The number of hydrazone groups is 1. The van der Waals surface area contributed by atoms with Gasteiger partial charge in [-0.15, -0.1) is 0 Å². The first-order valence-electron chi connectivity index (χ1n) is 8.29. The molecule has 1 aromatic heterocycles. The Balaban J connectivity index is 1.73. The quantitative estimate of drug-likeness (QED) is 0.799. The zero-order valence-corrected chi connectivity index (χ0v) is 15.3. The van der Waals surface area contributed by atoms with E-state index in [0.29, 0.717) is 11.7 Å². The lowest BCUT2D eigenvalue weighted by molar-refractivity contribution is 0.159. The fraction of sp³-hybridized carbons (Fsp3) is 0.444. The minimum Gasteiger partial charge on any atom is -0.303 e. The van der Waals surface area contributed by atoms with Gasteiger partial charge in [0.15, 0.2) is 0 Å². The first-order chi connectivity index (χ1) is 11.5. The maximum atomic E-state index is 6.53. The molecule has 1 aliphatic heterocycles. The predicted molar refractivity (Wildman–Crippen MR) is 98.9 cm³/mol. The van der Waals surface area contributed by atoms with Crippen molar-refractivity contribution in [2.75, 3.05) is 33.2 Å². The molecule has 3 rings (SSSR count). The first-order valence-corrected chi connectivity index (χ1v) is 8.66. The highest BCUT2D eigenvalue weighted by atomic mass is 35.5. The van der Waals surface area contributed by atoms with E-state index in [1.54, 1.807) is 0 Å². The summed E-state index contributed by atoms with van der Waals surface area (Å²) in [6, 6.07) is 8.44. The number of nitrogens with zero attached hydrogens (tertiary/aromatic N) is 5. The molecule has 24 heavy (non-hydrogen) atoms. The van der Waals surface area contributed by atoms with Crippen LogP contribution in [0, 0.1) is 13.8 Å². The first kappa shape index (κ1) is 17.0. The normalized spacial score (nSPS) is 16.2. The van der Waals surface area contributed by atoms with Crippen molar-refractivity contribution in [2.24, 2.45) is 5.10 Å². The smallest absolute Gasteiger partial charge is 0.136 e. The summed E-state index contributed by atoms with van der Waals surface area (Å²) in [5.74, 6) is 0. The van der Waals surface area contributed by atoms with Gasteiger partial charge >= 0.3 is 0 Å². The molecule has 0 N–H and O–H groups in total. The van der Waals surface area contributed by atoms with Crippen LogP contribution in [0.3, 0.4) is 0 Å². The van der Waals surface area contributed by atoms with Crippen LogP contribution >= 0.6 is 11.6 Å². The molecule has 0 radical (unpaired) electrons. The highest BCUT2D eigenvalue weighted by molar-refractivity contribution is 6.32. The number of likely N-dealkylation sites (N-methyl/N-ethyl adjacent to an activating group) is 1. The van der Waals surface area contributed by atoms with Crippen LogP contribution in [0.25, 0.3) is 0 Å². The minimum absolute atomic E-state index is 0.644. The minimum atomic E-state index is 0.644. The average Bonchev–Trinajstić information content (AvgIpc) is 2.83. The summed E-state index contributed by atoms with van der Waals surface area (Å²) in [6.07, 6.45) is 1.85.